The summed E-state index contributed by atoms with van der Waals surface area (Å²) in [5.41, 5.74) is 4.09. The first kappa shape index (κ1) is 14.0. The number of aromatic amines is 1. The number of rotatable bonds is 3. The largest absolute Gasteiger partial charge is 0.381 e. The number of aromatic nitrogens is 2. The van der Waals surface area contributed by atoms with Crippen molar-refractivity contribution >= 4 is 39.8 Å². The number of fused-ring (bicyclic) bond motifs is 2. The van der Waals surface area contributed by atoms with Crippen molar-refractivity contribution in [2.75, 3.05) is 11.9 Å². The van der Waals surface area contributed by atoms with Crippen LogP contribution in [0.1, 0.15) is 0 Å². The topological polar surface area (TPSA) is 70.1 Å². The van der Waals surface area contributed by atoms with E-state index in [1.54, 1.807) is 12.3 Å². The standard InChI is InChI=1S/C17H13ClN4O/c18-13-1-3-15-10(6-13)5-12(17(23)21-15)8-19-14-2-4-16-11(7-14)9-20-22-16/h1-7,9,13,19H,8H2,(H,20,22). The Morgan fingerprint density at radius 2 is 2.26 bits per heavy atom. The highest BCUT2D eigenvalue weighted by atomic mass is 35.5. The van der Waals surface area contributed by atoms with Crippen molar-refractivity contribution in [1.29, 1.82) is 0 Å². The smallest absolute Gasteiger partial charge is 0.275 e. The van der Waals surface area contributed by atoms with Gasteiger partial charge in [0.2, 0.25) is 0 Å². The Hall–Kier alpha value is -2.66. The monoisotopic (exact) mass is 324 g/mol. The summed E-state index contributed by atoms with van der Waals surface area (Å²) in [6.45, 7) is 0.410. The third-order valence-corrected chi connectivity index (χ3v) is 4.09. The number of aliphatic imine (C=N–C) groups is 1. The van der Waals surface area contributed by atoms with Crippen LogP contribution in [0.25, 0.3) is 10.9 Å². The van der Waals surface area contributed by atoms with Crippen LogP contribution in [0.5, 0.6) is 0 Å². The zero-order chi connectivity index (χ0) is 15.8. The van der Waals surface area contributed by atoms with Crippen molar-refractivity contribution in [3.05, 3.63) is 59.8 Å². The van der Waals surface area contributed by atoms with Crippen LogP contribution in [0.2, 0.25) is 0 Å². The third kappa shape index (κ3) is 2.71. The molecular weight excluding hydrogens is 312 g/mol. The second kappa shape index (κ2) is 5.52. The second-order valence-electron chi connectivity index (χ2n) is 5.42. The van der Waals surface area contributed by atoms with Crippen LogP contribution >= 0.6 is 11.6 Å². The number of halogens is 1. The Kier molecular flexibility index (Phi) is 3.35. The minimum absolute atomic E-state index is 0.161. The molecular formula is C17H13ClN4O. The predicted octanol–water partition coefficient (Wildman–Crippen LogP) is 2.99. The Balaban J connectivity index is 1.53. The van der Waals surface area contributed by atoms with Crippen molar-refractivity contribution in [2.24, 2.45) is 4.99 Å². The molecule has 2 heterocycles. The Bertz CT molecular complexity index is 920. The van der Waals surface area contributed by atoms with Gasteiger partial charge in [0, 0.05) is 23.2 Å². The van der Waals surface area contributed by atoms with Gasteiger partial charge in [0.05, 0.1) is 22.8 Å². The van der Waals surface area contributed by atoms with Crippen LogP contribution in [-0.2, 0) is 4.79 Å². The molecule has 6 heteroatoms. The summed E-state index contributed by atoms with van der Waals surface area (Å²) in [6.07, 6.45) is 9.12. The van der Waals surface area contributed by atoms with E-state index >= 15 is 0 Å². The first-order valence-electron chi connectivity index (χ1n) is 7.24. The van der Waals surface area contributed by atoms with Gasteiger partial charge in [-0.15, -0.1) is 11.6 Å². The van der Waals surface area contributed by atoms with Crippen LogP contribution in [0.3, 0.4) is 0 Å². The second-order valence-corrected chi connectivity index (χ2v) is 5.93. The molecule has 1 atom stereocenters. The Morgan fingerprint density at radius 1 is 1.35 bits per heavy atom. The van der Waals surface area contributed by atoms with Gasteiger partial charge in [-0.2, -0.15) is 5.10 Å². The van der Waals surface area contributed by atoms with E-state index in [9.17, 15) is 4.79 Å². The Labute approximate surface area is 137 Å². The molecule has 2 N–H and O–H groups in total. The number of nitrogens with zero attached hydrogens (tertiary/aromatic N) is 2. The fraction of sp³-hybridized carbons (Fsp3) is 0.118. The van der Waals surface area contributed by atoms with Gasteiger partial charge in [-0.25, -0.2) is 4.99 Å². The number of nitrogens with one attached hydrogen (secondary N) is 2. The molecule has 23 heavy (non-hydrogen) atoms. The van der Waals surface area contributed by atoms with Gasteiger partial charge < -0.3 is 5.32 Å². The summed E-state index contributed by atoms with van der Waals surface area (Å²) in [4.78, 5) is 16.2. The normalized spacial score (nSPS) is 20.0. The predicted molar refractivity (Wildman–Crippen MR) is 92.0 cm³/mol. The van der Waals surface area contributed by atoms with Crippen molar-refractivity contribution in [3.63, 3.8) is 0 Å². The number of hydrogen-bond donors (Lipinski definition) is 2. The SMILES string of the molecule is O=C1N=C2C=CC(Cl)C=C2C=C1CNc1ccc2[nH]ncc2c1. The summed E-state index contributed by atoms with van der Waals surface area (Å²) in [6, 6.07) is 5.88. The summed E-state index contributed by atoms with van der Waals surface area (Å²) in [5, 5.41) is 11.0. The lowest BCUT2D eigenvalue weighted by Gasteiger charge is -2.17. The van der Waals surface area contributed by atoms with E-state index in [4.69, 9.17) is 11.6 Å². The first-order valence-corrected chi connectivity index (χ1v) is 7.68. The molecule has 5 nitrogen and oxygen atoms in total. The fourth-order valence-electron chi connectivity index (χ4n) is 2.62. The lowest BCUT2D eigenvalue weighted by atomic mass is 9.97. The van der Waals surface area contributed by atoms with Crippen LogP contribution in [0.4, 0.5) is 5.69 Å². The minimum Gasteiger partial charge on any atom is -0.381 e. The zero-order valence-corrected chi connectivity index (χ0v) is 12.8. The summed E-state index contributed by atoms with van der Waals surface area (Å²) < 4.78 is 0. The fourth-order valence-corrected chi connectivity index (χ4v) is 2.83. The number of carbonyl (C=O) groups is 1. The number of allylic oxidation sites excluding steroid dienone is 5. The maximum atomic E-state index is 12.1. The van der Waals surface area contributed by atoms with E-state index in [0.29, 0.717) is 17.8 Å². The molecule has 1 unspecified atom stereocenters. The molecule has 1 amide bonds. The number of amides is 1. The van der Waals surface area contributed by atoms with E-state index in [2.05, 4.69) is 20.5 Å². The lowest BCUT2D eigenvalue weighted by Crippen LogP contribution is -2.20. The number of anilines is 1. The van der Waals surface area contributed by atoms with E-state index in [-0.39, 0.29) is 11.3 Å². The van der Waals surface area contributed by atoms with Crippen molar-refractivity contribution in [2.45, 2.75) is 5.38 Å². The lowest BCUT2D eigenvalue weighted by molar-refractivity contribution is -0.114. The molecule has 0 fully saturated rings. The van der Waals surface area contributed by atoms with Crippen LogP contribution < -0.4 is 5.32 Å². The molecule has 1 aromatic carbocycles. The molecule has 114 valence electrons. The quantitative estimate of drug-likeness (QED) is 0.853. The maximum Gasteiger partial charge on any atom is 0.275 e. The Morgan fingerprint density at radius 3 is 3.17 bits per heavy atom. The molecule has 0 spiro atoms. The van der Waals surface area contributed by atoms with Crippen molar-refractivity contribution in [1.82, 2.24) is 10.2 Å². The number of hydrogen-bond acceptors (Lipinski definition) is 3. The molecule has 2 aromatic rings. The van der Waals surface area contributed by atoms with Crippen molar-refractivity contribution in [3.8, 4) is 0 Å². The molecule has 0 radical (unpaired) electrons. The summed E-state index contributed by atoms with van der Waals surface area (Å²) in [5.74, 6) is -0.216. The van der Waals surface area contributed by atoms with E-state index in [0.717, 1.165) is 22.2 Å². The van der Waals surface area contributed by atoms with Crippen LogP contribution in [-0.4, -0.2) is 33.7 Å². The van der Waals surface area contributed by atoms with E-state index in [1.165, 1.54) is 0 Å². The third-order valence-electron chi connectivity index (χ3n) is 3.82. The first-order chi connectivity index (χ1) is 11.2. The number of alkyl halides is 1. The summed E-state index contributed by atoms with van der Waals surface area (Å²) >= 11 is 6.08. The molecule has 1 aromatic heterocycles. The van der Waals surface area contributed by atoms with Crippen LogP contribution in [0, 0.1) is 0 Å². The number of carbonyl (C=O) groups excluding carboxylic acids is 1. The van der Waals surface area contributed by atoms with Gasteiger partial charge in [0.1, 0.15) is 0 Å². The van der Waals surface area contributed by atoms with Crippen LogP contribution in [0.15, 0.2) is 64.8 Å². The minimum atomic E-state index is -0.216. The van der Waals surface area contributed by atoms with E-state index < -0.39 is 0 Å². The molecule has 4 rings (SSSR count). The summed E-state index contributed by atoms with van der Waals surface area (Å²) in [7, 11) is 0. The number of H-pyrrole nitrogens is 1. The van der Waals surface area contributed by atoms with Gasteiger partial charge in [0.25, 0.3) is 5.91 Å². The number of dihydropyridines is 1. The molecule has 0 saturated carbocycles. The highest BCUT2D eigenvalue weighted by Crippen LogP contribution is 2.22. The average Bonchev–Trinajstić information content (AvgIpc) is 3.01. The van der Waals surface area contributed by atoms with E-state index in [1.807, 2.05) is 36.4 Å². The molecule has 2 aliphatic rings. The highest BCUT2D eigenvalue weighted by Gasteiger charge is 2.20. The number of benzene rings is 1. The van der Waals surface area contributed by atoms with Crippen molar-refractivity contribution < 1.29 is 4.79 Å². The highest BCUT2D eigenvalue weighted by molar-refractivity contribution is 6.27. The van der Waals surface area contributed by atoms with Gasteiger partial charge in [-0.1, -0.05) is 12.2 Å². The molecule has 0 saturated heterocycles. The zero-order valence-electron chi connectivity index (χ0n) is 12.1. The van der Waals surface area contributed by atoms with Gasteiger partial charge in [0.15, 0.2) is 0 Å². The molecule has 1 aliphatic heterocycles. The maximum absolute atomic E-state index is 12.1. The van der Waals surface area contributed by atoms with Gasteiger partial charge >= 0.3 is 0 Å². The van der Waals surface area contributed by atoms with Gasteiger partial charge in [-0.3, -0.25) is 9.89 Å². The molecule has 1 aliphatic carbocycles. The average molecular weight is 325 g/mol. The molecule has 0 bridgehead atoms. The van der Waals surface area contributed by atoms with Gasteiger partial charge in [-0.05, 0) is 35.9 Å².